The van der Waals surface area contributed by atoms with E-state index < -0.39 is 5.97 Å². The Morgan fingerprint density at radius 2 is 1.34 bits per heavy atom. The maximum atomic E-state index is 10.6. The Labute approximate surface area is 209 Å². The Bertz CT molecular complexity index is 1120. The van der Waals surface area contributed by atoms with Crippen molar-refractivity contribution in [3.63, 3.8) is 0 Å². The van der Waals surface area contributed by atoms with Crippen LogP contribution in [-0.4, -0.2) is 34.1 Å². The number of carboxylic acid groups (broad SMARTS) is 1. The summed E-state index contributed by atoms with van der Waals surface area (Å²) in [5.41, 5.74) is 7.73. The van der Waals surface area contributed by atoms with Gasteiger partial charge in [-0.05, 0) is 39.5 Å². The van der Waals surface area contributed by atoms with E-state index in [1.807, 2.05) is 0 Å². The van der Waals surface area contributed by atoms with E-state index in [1.54, 1.807) is 0 Å². The number of carbonyl (C=O) groups is 1. The highest BCUT2D eigenvalue weighted by molar-refractivity contribution is 5.79. The molecular weight excluding hydrogens is 434 g/mol. The lowest BCUT2D eigenvalue weighted by Crippen LogP contribution is -2.32. The van der Waals surface area contributed by atoms with Gasteiger partial charge in [-0.15, -0.1) is 0 Å². The zero-order valence-electron chi connectivity index (χ0n) is 21.1. The smallest absolute Gasteiger partial charge is 0.303 e. The van der Waals surface area contributed by atoms with E-state index in [4.69, 9.17) is 15.1 Å². The van der Waals surface area contributed by atoms with E-state index in [0.717, 1.165) is 92.1 Å². The molecule has 0 amide bonds. The molecule has 0 unspecified atom stereocenters. The second-order valence-electron chi connectivity index (χ2n) is 9.78. The van der Waals surface area contributed by atoms with Crippen molar-refractivity contribution >= 4 is 11.8 Å². The van der Waals surface area contributed by atoms with Crippen LogP contribution in [0.25, 0.3) is 22.5 Å². The van der Waals surface area contributed by atoms with Crippen LogP contribution in [0, 0.1) is 13.8 Å². The van der Waals surface area contributed by atoms with Gasteiger partial charge in [-0.1, -0.05) is 85.3 Å². The SMILES string of the molecule is Cc1ccc(-c2nc3c(nc2-c2ccc(C)cc2)N(CCCCCCCCC(=O)O)CCC3)cc1. The summed E-state index contributed by atoms with van der Waals surface area (Å²) in [4.78, 5) is 23.5. The predicted octanol–water partition coefficient (Wildman–Crippen LogP) is 7.00. The molecule has 5 heteroatoms. The number of aliphatic carboxylic acids is 1. The third kappa shape index (κ3) is 6.68. The van der Waals surface area contributed by atoms with Gasteiger partial charge in [0, 0.05) is 30.6 Å². The molecule has 0 aliphatic carbocycles. The molecule has 0 radical (unpaired) electrons. The van der Waals surface area contributed by atoms with Crippen LogP contribution in [0.2, 0.25) is 0 Å². The first kappa shape index (κ1) is 24.9. The Morgan fingerprint density at radius 1 is 0.800 bits per heavy atom. The van der Waals surface area contributed by atoms with Crippen LogP contribution < -0.4 is 4.90 Å². The fraction of sp³-hybridized carbons (Fsp3) is 0.433. The first-order valence-electron chi connectivity index (χ1n) is 13.0. The fourth-order valence-electron chi connectivity index (χ4n) is 4.75. The highest BCUT2D eigenvalue weighted by atomic mass is 16.4. The minimum absolute atomic E-state index is 0.289. The molecule has 1 aliphatic heterocycles. The van der Waals surface area contributed by atoms with Crippen LogP contribution in [0.3, 0.4) is 0 Å². The Hall–Kier alpha value is -3.21. The zero-order chi connectivity index (χ0) is 24.6. The van der Waals surface area contributed by atoms with Crippen molar-refractivity contribution in [1.29, 1.82) is 0 Å². The van der Waals surface area contributed by atoms with Crippen molar-refractivity contribution in [1.82, 2.24) is 9.97 Å². The van der Waals surface area contributed by atoms with Crippen LogP contribution in [-0.2, 0) is 11.2 Å². The molecule has 3 aromatic rings. The minimum Gasteiger partial charge on any atom is -0.481 e. The number of nitrogens with zero attached hydrogens (tertiary/aromatic N) is 3. The van der Waals surface area contributed by atoms with Gasteiger partial charge in [0.05, 0.1) is 17.1 Å². The summed E-state index contributed by atoms with van der Waals surface area (Å²) in [6, 6.07) is 17.2. The number of aryl methyl sites for hydroxylation is 3. The average molecular weight is 472 g/mol. The fourth-order valence-corrected chi connectivity index (χ4v) is 4.75. The summed E-state index contributed by atoms with van der Waals surface area (Å²) in [6.45, 7) is 6.24. The number of rotatable bonds is 11. The van der Waals surface area contributed by atoms with Gasteiger partial charge in [-0.3, -0.25) is 4.79 Å². The molecule has 1 aliphatic rings. The number of hydrogen-bond donors (Lipinski definition) is 1. The van der Waals surface area contributed by atoms with E-state index in [-0.39, 0.29) is 6.42 Å². The van der Waals surface area contributed by atoms with Gasteiger partial charge in [0.25, 0.3) is 0 Å². The summed E-state index contributed by atoms with van der Waals surface area (Å²) in [6.07, 6.45) is 8.72. The van der Waals surface area contributed by atoms with Gasteiger partial charge in [-0.25, -0.2) is 9.97 Å². The molecule has 0 saturated carbocycles. The molecule has 5 nitrogen and oxygen atoms in total. The Balaban J connectivity index is 1.51. The summed E-state index contributed by atoms with van der Waals surface area (Å²) in [7, 11) is 0. The molecule has 0 bridgehead atoms. The maximum Gasteiger partial charge on any atom is 0.303 e. The lowest BCUT2D eigenvalue weighted by molar-refractivity contribution is -0.137. The summed E-state index contributed by atoms with van der Waals surface area (Å²) in [5.74, 6) is 0.356. The molecule has 1 N–H and O–H groups in total. The summed E-state index contributed by atoms with van der Waals surface area (Å²) >= 11 is 0. The normalized spacial score (nSPS) is 13.0. The summed E-state index contributed by atoms with van der Waals surface area (Å²) < 4.78 is 0. The van der Waals surface area contributed by atoms with Gasteiger partial charge >= 0.3 is 5.97 Å². The predicted molar refractivity (Wildman–Crippen MR) is 143 cm³/mol. The monoisotopic (exact) mass is 471 g/mol. The molecule has 0 fully saturated rings. The lowest BCUT2D eigenvalue weighted by Gasteiger charge is -2.30. The molecular formula is C30H37N3O2. The topological polar surface area (TPSA) is 66.3 Å². The maximum absolute atomic E-state index is 10.6. The number of anilines is 1. The largest absolute Gasteiger partial charge is 0.481 e. The van der Waals surface area contributed by atoms with Crippen molar-refractivity contribution in [3.8, 4) is 22.5 Å². The second-order valence-corrected chi connectivity index (χ2v) is 9.78. The van der Waals surface area contributed by atoms with E-state index >= 15 is 0 Å². The molecule has 0 saturated heterocycles. The first-order chi connectivity index (χ1) is 17.0. The number of fused-ring (bicyclic) bond motifs is 1. The summed E-state index contributed by atoms with van der Waals surface area (Å²) in [5, 5.41) is 8.76. The molecule has 2 heterocycles. The van der Waals surface area contributed by atoms with Crippen molar-refractivity contribution < 1.29 is 9.90 Å². The third-order valence-electron chi connectivity index (χ3n) is 6.81. The van der Waals surface area contributed by atoms with Crippen LogP contribution in [0.4, 0.5) is 5.82 Å². The van der Waals surface area contributed by atoms with Gasteiger partial charge < -0.3 is 10.0 Å². The van der Waals surface area contributed by atoms with E-state index in [1.165, 1.54) is 17.5 Å². The van der Waals surface area contributed by atoms with Gasteiger partial charge in [0.1, 0.15) is 0 Å². The highest BCUT2D eigenvalue weighted by Crippen LogP contribution is 2.35. The third-order valence-corrected chi connectivity index (χ3v) is 6.81. The highest BCUT2D eigenvalue weighted by Gasteiger charge is 2.23. The quantitative estimate of drug-likeness (QED) is 0.305. The van der Waals surface area contributed by atoms with E-state index in [0.29, 0.717) is 0 Å². The van der Waals surface area contributed by atoms with Gasteiger partial charge in [-0.2, -0.15) is 0 Å². The number of unbranched alkanes of at least 4 members (excludes halogenated alkanes) is 5. The molecule has 2 aromatic carbocycles. The minimum atomic E-state index is -0.689. The molecule has 1 aromatic heterocycles. The van der Waals surface area contributed by atoms with Crippen LogP contribution in [0.15, 0.2) is 48.5 Å². The number of aromatic nitrogens is 2. The first-order valence-corrected chi connectivity index (χ1v) is 13.0. The molecule has 0 atom stereocenters. The number of hydrogen-bond acceptors (Lipinski definition) is 4. The van der Waals surface area contributed by atoms with Crippen molar-refractivity contribution in [2.45, 2.75) is 71.6 Å². The lowest BCUT2D eigenvalue weighted by atomic mass is 10.0. The van der Waals surface area contributed by atoms with Gasteiger partial charge in [0.15, 0.2) is 5.82 Å². The number of carboxylic acids is 1. The molecule has 184 valence electrons. The standard InChI is InChI=1S/C30H37N3O2/c1-22-12-16-24(17-13-22)28-29(25-18-14-23(2)15-19-25)32-30-26(31-28)10-9-21-33(30)20-8-6-4-3-5-7-11-27(34)35/h12-19H,3-11,20-21H2,1-2H3,(H,34,35). The molecule has 35 heavy (non-hydrogen) atoms. The molecule has 4 rings (SSSR count). The van der Waals surface area contributed by atoms with E-state index in [2.05, 4.69) is 67.3 Å². The molecule has 0 spiro atoms. The van der Waals surface area contributed by atoms with Crippen LogP contribution >= 0.6 is 0 Å². The second kappa shape index (κ2) is 12.0. The van der Waals surface area contributed by atoms with Crippen molar-refractivity contribution in [2.75, 3.05) is 18.0 Å². The van der Waals surface area contributed by atoms with Crippen LogP contribution in [0.5, 0.6) is 0 Å². The average Bonchev–Trinajstić information content (AvgIpc) is 2.86. The van der Waals surface area contributed by atoms with Crippen LogP contribution in [0.1, 0.15) is 68.2 Å². The van der Waals surface area contributed by atoms with Crippen molar-refractivity contribution in [3.05, 3.63) is 65.4 Å². The Kier molecular flexibility index (Phi) is 8.51. The van der Waals surface area contributed by atoms with Crippen molar-refractivity contribution in [2.24, 2.45) is 0 Å². The number of benzene rings is 2. The van der Waals surface area contributed by atoms with E-state index in [9.17, 15) is 4.79 Å². The zero-order valence-corrected chi connectivity index (χ0v) is 21.1. The van der Waals surface area contributed by atoms with Gasteiger partial charge in [0.2, 0.25) is 0 Å². The Morgan fingerprint density at radius 3 is 1.94 bits per heavy atom.